The Morgan fingerprint density at radius 1 is 1.00 bits per heavy atom. The molecule has 0 atom stereocenters. The van der Waals surface area contributed by atoms with Crippen LogP contribution in [0.15, 0.2) is 43.0 Å². The first-order valence-electron chi connectivity index (χ1n) is 9.67. The Morgan fingerprint density at radius 2 is 1.52 bits per heavy atom. The van der Waals surface area contributed by atoms with Crippen LogP contribution < -0.4 is 0 Å². The number of rotatable bonds is 4. The molecule has 0 amide bonds. The fourth-order valence-electron chi connectivity index (χ4n) is 4.21. The van der Waals surface area contributed by atoms with E-state index in [2.05, 4.69) is 53.3 Å². The van der Waals surface area contributed by atoms with Crippen molar-refractivity contribution >= 4 is 11.5 Å². The summed E-state index contributed by atoms with van der Waals surface area (Å²) in [5.74, 6) is -0.893. The van der Waals surface area contributed by atoms with E-state index in [-0.39, 0.29) is 10.8 Å². The van der Waals surface area contributed by atoms with Crippen molar-refractivity contribution in [2.75, 3.05) is 0 Å². The van der Waals surface area contributed by atoms with E-state index in [1.807, 2.05) is 12.1 Å². The van der Waals surface area contributed by atoms with E-state index in [1.165, 1.54) is 35.1 Å². The van der Waals surface area contributed by atoms with Gasteiger partial charge in [0.15, 0.2) is 0 Å². The highest BCUT2D eigenvalue weighted by Crippen LogP contribution is 2.47. The molecule has 0 fully saturated rings. The van der Waals surface area contributed by atoms with Crippen LogP contribution in [0, 0.1) is 6.92 Å². The van der Waals surface area contributed by atoms with Gasteiger partial charge in [-0.2, -0.15) is 0 Å². The molecule has 0 aliphatic heterocycles. The number of benzene rings is 2. The molecule has 0 saturated heterocycles. The maximum absolute atomic E-state index is 11.0. The Labute approximate surface area is 162 Å². The van der Waals surface area contributed by atoms with Crippen molar-refractivity contribution < 1.29 is 9.90 Å². The van der Waals surface area contributed by atoms with Crippen LogP contribution in [0.1, 0.15) is 78.7 Å². The smallest absolute Gasteiger partial charge is 0.335 e. The quantitative estimate of drug-likeness (QED) is 0.693. The van der Waals surface area contributed by atoms with E-state index in [0.717, 1.165) is 17.6 Å². The van der Waals surface area contributed by atoms with E-state index in [9.17, 15) is 4.79 Å². The summed E-state index contributed by atoms with van der Waals surface area (Å²) in [6, 6.07) is 11.8. The van der Waals surface area contributed by atoms with Crippen LogP contribution in [0.25, 0.3) is 5.57 Å². The third kappa shape index (κ3) is 3.71. The number of aromatic carboxylic acids is 1. The van der Waals surface area contributed by atoms with Crippen molar-refractivity contribution in [3.05, 3.63) is 76.4 Å². The second-order valence-electron chi connectivity index (χ2n) is 9.26. The number of carboxylic acid groups (broad SMARTS) is 1. The average Bonchev–Trinajstić information content (AvgIpc) is 2.59. The van der Waals surface area contributed by atoms with E-state index in [0.29, 0.717) is 5.56 Å². The van der Waals surface area contributed by atoms with Gasteiger partial charge >= 0.3 is 5.97 Å². The van der Waals surface area contributed by atoms with E-state index >= 15 is 0 Å². The van der Waals surface area contributed by atoms with Gasteiger partial charge in [0.25, 0.3) is 0 Å². The van der Waals surface area contributed by atoms with Gasteiger partial charge in [-0.25, -0.2) is 4.79 Å². The first kappa shape index (κ1) is 19.4. The van der Waals surface area contributed by atoms with Crippen LogP contribution >= 0.6 is 0 Å². The molecule has 0 bridgehead atoms. The molecule has 2 nitrogen and oxygen atoms in total. The molecule has 2 aromatic carbocycles. The van der Waals surface area contributed by atoms with Gasteiger partial charge in [-0.1, -0.05) is 58.5 Å². The Balaban J connectivity index is 1.95. The second-order valence-corrected chi connectivity index (χ2v) is 9.26. The summed E-state index contributed by atoms with van der Waals surface area (Å²) in [7, 11) is 0. The van der Waals surface area contributed by atoms with E-state index in [1.54, 1.807) is 12.1 Å². The predicted molar refractivity (Wildman–Crippen MR) is 113 cm³/mol. The van der Waals surface area contributed by atoms with Crippen molar-refractivity contribution in [2.45, 2.75) is 64.7 Å². The monoisotopic (exact) mass is 362 g/mol. The zero-order valence-electron chi connectivity index (χ0n) is 17.1. The summed E-state index contributed by atoms with van der Waals surface area (Å²) in [5, 5.41) is 9.06. The lowest BCUT2D eigenvalue weighted by molar-refractivity contribution is 0.0697. The fraction of sp³-hybridized carbons (Fsp3) is 0.400. The first-order valence-corrected chi connectivity index (χ1v) is 9.67. The zero-order valence-corrected chi connectivity index (χ0v) is 17.1. The summed E-state index contributed by atoms with van der Waals surface area (Å²) in [6.07, 6.45) is 3.13. The van der Waals surface area contributed by atoms with Crippen LogP contribution in [0.4, 0.5) is 0 Å². The van der Waals surface area contributed by atoms with Crippen LogP contribution in [0.5, 0.6) is 0 Å². The summed E-state index contributed by atoms with van der Waals surface area (Å²) in [5.41, 5.74) is 8.28. The molecule has 1 N–H and O–H groups in total. The molecule has 2 heteroatoms. The van der Waals surface area contributed by atoms with Gasteiger partial charge in [-0.15, -0.1) is 0 Å². The number of hydrogen-bond donors (Lipinski definition) is 1. The lowest BCUT2D eigenvalue weighted by atomic mass is 9.62. The molecule has 1 aliphatic rings. The lowest BCUT2D eigenvalue weighted by Gasteiger charge is -2.42. The zero-order chi connectivity index (χ0) is 20.0. The normalized spacial score (nSPS) is 17.2. The highest BCUT2D eigenvalue weighted by Gasteiger charge is 2.37. The molecule has 27 heavy (non-hydrogen) atoms. The Hall–Kier alpha value is -2.35. The Bertz CT molecular complexity index is 899. The molecule has 0 aromatic heterocycles. The Kier molecular flexibility index (Phi) is 4.80. The number of fused-ring (bicyclic) bond motifs is 1. The van der Waals surface area contributed by atoms with Gasteiger partial charge in [0, 0.05) is 0 Å². The van der Waals surface area contributed by atoms with Gasteiger partial charge in [0.2, 0.25) is 0 Å². The minimum atomic E-state index is -0.893. The molecule has 3 rings (SSSR count). The molecular formula is C25H30O2. The van der Waals surface area contributed by atoms with Crippen LogP contribution in [0.3, 0.4) is 0 Å². The summed E-state index contributed by atoms with van der Waals surface area (Å²) < 4.78 is 0. The molecule has 2 aromatic rings. The van der Waals surface area contributed by atoms with Crippen LogP contribution in [-0.2, 0) is 17.3 Å². The number of carboxylic acids is 1. The van der Waals surface area contributed by atoms with E-state index in [4.69, 9.17) is 5.11 Å². The van der Waals surface area contributed by atoms with Gasteiger partial charge in [-0.05, 0) is 82.5 Å². The maximum Gasteiger partial charge on any atom is 0.335 e. The third-order valence-corrected chi connectivity index (χ3v) is 6.20. The van der Waals surface area contributed by atoms with Crippen LogP contribution in [0.2, 0.25) is 0 Å². The van der Waals surface area contributed by atoms with Gasteiger partial charge in [0.05, 0.1) is 5.56 Å². The standard InChI is InChI=1S/C25H30O2/c1-16(13-18-7-9-19(10-8-18)23(26)27)20-15-22-21(14-17(20)2)24(3,4)11-12-25(22,5)6/h7-10,14-15H,1,11-13H2,2-6H3,(H,26,27). The lowest BCUT2D eigenvalue weighted by Crippen LogP contribution is -2.34. The summed E-state index contributed by atoms with van der Waals surface area (Å²) in [6.45, 7) is 15.9. The third-order valence-electron chi connectivity index (χ3n) is 6.20. The highest BCUT2D eigenvalue weighted by atomic mass is 16.4. The number of allylic oxidation sites excluding steroid dienone is 1. The van der Waals surface area contributed by atoms with Crippen molar-refractivity contribution in [1.29, 1.82) is 0 Å². The molecule has 142 valence electrons. The minimum absolute atomic E-state index is 0.177. The number of carbonyl (C=O) groups is 1. The first-order chi connectivity index (χ1) is 12.5. The van der Waals surface area contributed by atoms with E-state index < -0.39 is 5.97 Å². The molecule has 0 saturated carbocycles. The topological polar surface area (TPSA) is 37.3 Å². The average molecular weight is 363 g/mol. The molecular weight excluding hydrogens is 332 g/mol. The van der Waals surface area contributed by atoms with Crippen molar-refractivity contribution in [3.63, 3.8) is 0 Å². The largest absolute Gasteiger partial charge is 0.478 e. The molecule has 0 spiro atoms. The van der Waals surface area contributed by atoms with Gasteiger partial charge in [0.1, 0.15) is 0 Å². The summed E-state index contributed by atoms with van der Waals surface area (Å²) >= 11 is 0. The number of hydrogen-bond acceptors (Lipinski definition) is 1. The number of aryl methyl sites for hydroxylation is 1. The molecule has 0 radical (unpaired) electrons. The highest BCUT2D eigenvalue weighted by molar-refractivity contribution is 5.87. The van der Waals surface area contributed by atoms with Gasteiger partial charge in [-0.3, -0.25) is 0 Å². The molecule has 0 heterocycles. The second kappa shape index (κ2) is 6.67. The minimum Gasteiger partial charge on any atom is -0.478 e. The summed E-state index contributed by atoms with van der Waals surface area (Å²) in [4.78, 5) is 11.0. The van der Waals surface area contributed by atoms with Crippen molar-refractivity contribution in [3.8, 4) is 0 Å². The van der Waals surface area contributed by atoms with Gasteiger partial charge < -0.3 is 5.11 Å². The van der Waals surface area contributed by atoms with Crippen molar-refractivity contribution in [2.24, 2.45) is 0 Å². The maximum atomic E-state index is 11.0. The fourth-order valence-corrected chi connectivity index (χ4v) is 4.21. The Morgan fingerprint density at radius 3 is 2.04 bits per heavy atom. The van der Waals surface area contributed by atoms with Crippen LogP contribution in [-0.4, -0.2) is 11.1 Å². The van der Waals surface area contributed by atoms with Crippen molar-refractivity contribution in [1.82, 2.24) is 0 Å². The molecule has 0 unspecified atom stereocenters. The SMILES string of the molecule is C=C(Cc1ccc(C(=O)O)cc1)c1cc2c(cc1C)C(C)(C)CCC2(C)C. The molecule has 1 aliphatic carbocycles. The predicted octanol–water partition coefficient (Wildman–Crippen LogP) is 6.30.